The van der Waals surface area contributed by atoms with Crippen LogP contribution in [0, 0.1) is 0 Å². The molecule has 0 unspecified atom stereocenters. The number of aryl methyl sites for hydroxylation is 2. The van der Waals surface area contributed by atoms with E-state index in [1.807, 2.05) is 11.4 Å². The molecule has 0 radical (unpaired) electrons. The molecular formula is C12H14ClN3O2S. The number of nitrogens with zero attached hydrogens (tertiary/aromatic N) is 3. The molecule has 2 heterocycles. The van der Waals surface area contributed by atoms with Gasteiger partial charge in [-0.3, -0.25) is 0 Å². The number of carbonyl (C=O) groups is 1. The minimum Gasteiger partial charge on any atom is -0.461 e. The molecule has 0 N–H and O–H groups in total. The Labute approximate surface area is 120 Å². The Hall–Kier alpha value is -1.40. The number of aromatic nitrogens is 3. The SMILES string of the molecule is CCOC(=O)c1nnn(CCc2cccs2)c1CCl. The number of ether oxygens (including phenoxy) is 1. The maximum atomic E-state index is 11.7. The molecule has 0 spiro atoms. The Morgan fingerprint density at radius 3 is 3.05 bits per heavy atom. The third kappa shape index (κ3) is 3.33. The van der Waals surface area contributed by atoms with Crippen LogP contribution >= 0.6 is 22.9 Å². The van der Waals surface area contributed by atoms with Gasteiger partial charge in [-0.25, -0.2) is 9.48 Å². The van der Waals surface area contributed by atoms with Gasteiger partial charge < -0.3 is 4.74 Å². The van der Waals surface area contributed by atoms with E-state index < -0.39 is 5.97 Å². The van der Waals surface area contributed by atoms with Gasteiger partial charge in [-0.05, 0) is 18.4 Å². The molecule has 0 amide bonds. The molecule has 0 saturated carbocycles. The lowest BCUT2D eigenvalue weighted by atomic mass is 10.3. The first-order valence-corrected chi connectivity index (χ1v) is 7.35. The standard InChI is InChI=1S/C12H14ClN3O2S/c1-2-18-12(17)11-10(8-13)16(15-14-11)6-5-9-4-3-7-19-9/h3-4,7H,2,5-6,8H2,1H3. The molecule has 0 fully saturated rings. The summed E-state index contributed by atoms with van der Waals surface area (Å²) in [6.07, 6.45) is 0.840. The minimum absolute atomic E-state index is 0.186. The summed E-state index contributed by atoms with van der Waals surface area (Å²) in [5.41, 5.74) is 0.819. The molecule has 102 valence electrons. The van der Waals surface area contributed by atoms with Crippen LogP contribution in [0.2, 0.25) is 0 Å². The molecule has 0 aliphatic heterocycles. The molecule has 2 aromatic rings. The van der Waals surface area contributed by atoms with Crippen LogP contribution < -0.4 is 0 Å². The Balaban J connectivity index is 2.10. The van der Waals surface area contributed by atoms with E-state index in [0.717, 1.165) is 6.42 Å². The van der Waals surface area contributed by atoms with E-state index in [4.69, 9.17) is 16.3 Å². The van der Waals surface area contributed by atoms with E-state index in [0.29, 0.717) is 18.8 Å². The normalized spacial score (nSPS) is 10.6. The summed E-state index contributed by atoms with van der Waals surface area (Å²) >= 11 is 7.57. The van der Waals surface area contributed by atoms with Crippen molar-refractivity contribution in [3.8, 4) is 0 Å². The smallest absolute Gasteiger partial charge is 0.360 e. The fourth-order valence-electron chi connectivity index (χ4n) is 1.67. The van der Waals surface area contributed by atoms with Crippen molar-refractivity contribution in [2.45, 2.75) is 25.8 Å². The van der Waals surface area contributed by atoms with E-state index in [9.17, 15) is 4.79 Å². The second-order valence-electron chi connectivity index (χ2n) is 3.79. The van der Waals surface area contributed by atoms with Crippen LogP contribution in [0.4, 0.5) is 0 Å². The molecule has 5 nitrogen and oxygen atoms in total. The molecule has 2 aromatic heterocycles. The number of hydrogen-bond acceptors (Lipinski definition) is 5. The summed E-state index contributed by atoms with van der Waals surface area (Å²) in [5, 5.41) is 9.87. The van der Waals surface area contributed by atoms with Gasteiger partial charge in [0, 0.05) is 17.8 Å². The van der Waals surface area contributed by atoms with Gasteiger partial charge in [0.25, 0.3) is 0 Å². The van der Waals surface area contributed by atoms with Gasteiger partial charge in [-0.1, -0.05) is 11.3 Å². The highest BCUT2D eigenvalue weighted by molar-refractivity contribution is 7.09. The fraction of sp³-hybridized carbons (Fsp3) is 0.417. The number of esters is 1. The number of hydrogen-bond donors (Lipinski definition) is 0. The summed E-state index contributed by atoms with van der Waals surface area (Å²) in [5.74, 6) is -0.286. The van der Waals surface area contributed by atoms with Crippen molar-refractivity contribution in [1.29, 1.82) is 0 Å². The summed E-state index contributed by atoms with van der Waals surface area (Å²) in [7, 11) is 0. The quantitative estimate of drug-likeness (QED) is 0.607. The third-order valence-electron chi connectivity index (χ3n) is 2.58. The molecule has 0 aromatic carbocycles. The summed E-state index contributed by atoms with van der Waals surface area (Å²) in [6, 6.07) is 4.07. The van der Waals surface area contributed by atoms with Crippen LogP contribution in [-0.4, -0.2) is 27.6 Å². The lowest BCUT2D eigenvalue weighted by Crippen LogP contribution is -2.10. The topological polar surface area (TPSA) is 57.0 Å². The zero-order valence-corrected chi connectivity index (χ0v) is 12.1. The maximum absolute atomic E-state index is 11.7. The fourth-order valence-corrected chi connectivity index (χ4v) is 2.64. The highest BCUT2D eigenvalue weighted by Crippen LogP contribution is 2.14. The molecule has 0 atom stereocenters. The Bertz CT molecular complexity index is 539. The summed E-state index contributed by atoms with van der Waals surface area (Å²) < 4.78 is 6.59. The predicted octanol–water partition coefficient (Wildman–Crippen LogP) is 2.50. The molecule has 0 saturated heterocycles. The monoisotopic (exact) mass is 299 g/mol. The Morgan fingerprint density at radius 2 is 2.42 bits per heavy atom. The molecule has 0 bridgehead atoms. The molecule has 0 aliphatic carbocycles. The largest absolute Gasteiger partial charge is 0.461 e. The van der Waals surface area contributed by atoms with Gasteiger partial charge in [-0.15, -0.1) is 28.0 Å². The van der Waals surface area contributed by atoms with Crippen molar-refractivity contribution in [1.82, 2.24) is 15.0 Å². The average Bonchev–Trinajstić information content (AvgIpc) is 3.05. The van der Waals surface area contributed by atoms with Crippen molar-refractivity contribution in [2.24, 2.45) is 0 Å². The number of carbonyl (C=O) groups excluding carboxylic acids is 1. The molecular weight excluding hydrogens is 286 g/mol. The molecule has 2 rings (SSSR count). The number of halogens is 1. The van der Waals surface area contributed by atoms with Gasteiger partial charge in [0.2, 0.25) is 0 Å². The van der Waals surface area contributed by atoms with Crippen LogP contribution in [0.1, 0.15) is 28.0 Å². The first-order chi connectivity index (χ1) is 9.26. The zero-order chi connectivity index (χ0) is 13.7. The van der Waals surface area contributed by atoms with E-state index in [1.165, 1.54) is 4.88 Å². The first kappa shape index (κ1) is 14.0. The highest BCUT2D eigenvalue weighted by atomic mass is 35.5. The van der Waals surface area contributed by atoms with E-state index in [2.05, 4.69) is 16.4 Å². The van der Waals surface area contributed by atoms with Gasteiger partial charge in [0.1, 0.15) is 0 Å². The summed E-state index contributed by atoms with van der Waals surface area (Å²) in [6.45, 7) is 2.71. The average molecular weight is 300 g/mol. The number of alkyl halides is 1. The minimum atomic E-state index is -0.472. The second-order valence-corrected chi connectivity index (χ2v) is 5.09. The second kappa shape index (κ2) is 6.68. The van der Waals surface area contributed by atoms with Gasteiger partial charge in [0.15, 0.2) is 5.69 Å². The van der Waals surface area contributed by atoms with Crippen molar-refractivity contribution >= 4 is 28.9 Å². The molecule has 19 heavy (non-hydrogen) atoms. The van der Waals surface area contributed by atoms with E-state index in [-0.39, 0.29) is 11.6 Å². The van der Waals surface area contributed by atoms with Crippen LogP contribution in [-0.2, 0) is 23.6 Å². The maximum Gasteiger partial charge on any atom is 0.360 e. The number of rotatable bonds is 6. The third-order valence-corrected chi connectivity index (χ3v) is 3.77. The van der Waals surface area contributed by atoms with Crippen molar-refractivity contribution in [3.63, 3.8) is 0 Å². The van der Waals surface area contributed by atoms with Crippen molar-refractivity contribution < 1.29 is 9.53 Å². The van der Waals surface area contributed by atoms with E-state index >= 15 is 0 Å². The summed E-state index contributed by atoms with van der Waals surface area (Å²) in [4.78, 5) is 12.9. The van der Waals surface area contributed by atoms with Crippen molar-refractivity contribution in [3.05, 3.63) is 33.8 Å². The number of thiophene rings is 1. The van der Waals surface area contributed by atoms with Crippen LogP contribution in [0.3, 0.4) is 0 Å². The van der Waals surface area contributed by atoms with Crippen LogP contribution in [0.5, 0.6) is 0 Å². The van der Waals surface area contributed by atoms with Crippen molar-refractivity contribution in [2.75, 3.05) is 6.61 Å². The van der Waals surface area contributed by atoms with Crippen LogP contribution in [0.25, 0.3) is 0 Å². The Morgan fingerprint density at radius 1 is 1.58 bits per heavy atom. The first-order valence-electron chi connectivity index (χ1n) is 5.94. The van der Waals surface area contributed by atoms with Gasteiger partial charge >= 0.3 is 5.97 Å². The zero-order valence-electron chi connectivity index (χ0n) is 10.5. The lowest BCUT2D eigenvalue weighted by molar-refractivity contribution is 0.0518. The molecule has 0 aliphatic rings. The lowest BCUT2D eigenvalue weighted by Gasteiger charge is -2.04. The molecule has 7 heteroatoms. The van der Waals surface area contributed by atoms with Gasteiger partial charge in [0.05, 0.1) is 18.2 Å². The predicted molar refractivity (Wildman–Crippen MR) is 73.6 cm³/mol. The van der Waals surface area contributed by atoms with Crippen LogP contribution in [0.15, 0.2) is 17.5 Å². The Kier molecular flexibility index (Phi) is 4.93. The highest BCUT2D eigenvalue weighted by Gasteiger charge is 2.19. The van der Waals surface area contributed by atoms with E-state index in [1.54, 1.807) is 22.9 Å². The van der Waals surface area contributed by atoms with Gasteiger partial charge in [-0.2, -0.15) is 0 Å².